The molecule has 1 aromatic carbocycles. The Morgan fingerprint density at radius 1 is 1.40 bits per heavy atom. The van der Waals surface area contributed by atoms with Crippen molar-refractivity contribution in [3.8, 4) is 5.75 Å². The Hall–Kier alpha value is -1.97. The molecule has 0 atom stereocenters. The molecule has 2 aromatic rings. The molecule has 0 aliphatic rings. The second-order valence-corrected chi connectivity index (χ2v) is 3.56. The van der Waals surface area contributed by atoms with Crippen molar-refractivity contribution >= 4 is 16.9 Å². The van der Waals surface area contributed by atoms with E-state index in [0.29, 0.717) is 5.39 Å². The number of fused-ring (bicyclic) bond motifs is 1. The number of aromatic hydroxyl groups is 1. The van der Waals surface area contributed by atoms with Gasteiger partial charge in [-0.05, 0) is 24.6 Å². The fraction of sp³-hybridized carbons (Fsp3) is 0.182. The first-order valence-corrected chi connectivity index (χ1v) is 4.53. The Morgan fingerprint density at radius 3 is 2.67 bits per heavy atom. The molecular weight excluding hydrogens is 194 g/mol. The number of aromatic nitrogens is 1. The predicted octanol–water partition coefficient (Wildman–Crippen LogP) is 1.89. The van der Waals surface area contributed by atoms with E-state index in [-0.39, 0.29) is 11.4 Å². The van der Waals surface area contributed by atoms with E-state index in [2.05, 4.69) is 0 Å². The number of carboxylic acid groups (broad SMARTS) is 1. The Balaban J connectivity index is 2.88. The molecule has 0 spiro atoms. The van der Waals surface area contributed by atoms with E-state index in [1.165, 1.54) is 6.07 Å². The van der Waals surface area contributed by atoms with Crippen LogP contribution in [0.4, 0.5) is 0 Å². The lowest BCUT2D eigenvalue weighted by Crippen LogP contribution is -2.03. The van der Waals surface area contributed by atoms with Crippen LogP contribution in [0.1, 0.15) is 16.1 Å². The number of carbonyl (C=O) groups is 1. The largest absolute Gasteiger partial charge is 0.507 e. The smallest absolute Gasteiger partial charge is 0.352 e. The Bertz CT molecular complexity index is 554. The molecule has 2 rings (SSSR count). The zero-order valence-corrected chi connectivity index (χ0v) is 8.48. The minimum atomic E-state index is -0.995. The quantitative estimate of drug-likeness (QED) is 0.747. The third-order valence-corrected chi connectivity index (χ3v) is 2.62. The first kappa shape index (κ1) is 9.58. The van der Waals surface area contributed by atoms with Gasteiger partial charge < -0.3 is 14.8 Å². The van der Waals surface area contributed by atoms with E-state index in [0.717, 1.165) is 11.1 Å². The summed E-state index contributed by atoms with van der Waals surface area (Å²) in [6.45, 7) is 1.78. The maximum atomic E-state index is 10.9. The molecule has 0 saturated heterocycles. The van der Waals surface area contributed by atoms with Crippen molar-refractivity contribution in [2.24, 2.45) is 7.05 Å². The summed E-state index contributed by atoms with van der Waals surface area (Å²) in [5, 5.41) is 19.3. The van der Waals surface area contributed by atoms with Crippen LogP contribution in [0.25, 0.3) is 10.9 Å². The highest BCUT2D eigenvalue weighted by atomic mass is 16.4. The number of hydrogen-bond acceptors (Lipinski definition) is 2. The highest BCUT2D eigenvalue weighted by molar-refractivity contribution is 5.97. The van der Waals surface area contributed by atoms with Crippen LogP contribution >= 0.6 is 0 Å². The SMILES string of the molecule is Cc1ccc2c(cc(C(=O)O)n2C)c1O. The molecule has 0 aliphatic carbocycles. The number of aryl methyl sites for hydroxylation is 2. The zero-order valence-electron chi connectivity index (χ0n) is 8.48. The van der Waals surface area contributed by atoms with Crippen LogP contribution in [0.2, 0.25) is 0 Å². The second-order valence-electron chi connectivity index (χ2n) is 3.56. The number of hydrogen-bond donors (Lipinski definition) is 2. The number of nitrogens with zero attached hydrogens (tertiary/aromatic N) is 1. The summed E-state index contributed by atoms with van der Waals surface area (Å²) in [6.07, 6.45) is 0. The average Bonchev–Trinajstić information content (AvgIpc) is 2.51. The van der Waals surface area contributed by atoms with Gasteiger partial charge in [0.05, 0.1) is 5.52 Å². The highest BCUT2D eigenvalue weighted by Crippen LogP contribution is 2.30. The molecule has 0 aliphatic heterocycles. The standard InChI is InChI=1S/C11H11NO3/c1-6-3-4-8-7(10(6)13)5-9(11(14)15)12(8)2/h3-5,13H,1-2H3,(H,14,15). The molecule has 0 amide bonds. The number of aromatic carboxylic acids is 1. The van der Waals surface area contributed by atoms with E-state index in [1.807, 2.05) is 0 Å². The first-order valence-electron chi connectivity index (χ1n) is 4.53. The summed E-state index contributed by atoms with van der Waals surface area (Å²) >= 11 is 0. The van der Waals surface area contributed by atoms with Gasteiger partial charge in [-0.2, -0.15) is 0 Å². The molecule has 78 valence electrons. The van der Waals surface area contributed by atoms with E-state index < -0.39 is 5.97 Å². The third-order valence-electron chi connectivity index (χ3n) is 2.62. The van der Waals surface area contributed by atoms with Crippen molar-refractivity contribution in [1.29, 1.82) is 0 Å². The molecule has 0 saturated carbocycles. The number of benzene rings is 1. The monoisotopic (exact) mass is 205 g/mol. The topological polar surface area (TPSA) is 62.5 Å². The fourth-order valence-electron chi connectivity index (χ4n) is 1.71. The van der Waals surface area contributed by atoms with Gasteiger partial charge in [0.25, 0.3) is 0 Å². The predicted molar refractivity (Wildman–Crippen MR) is 56.3 cm³/mol. The van der Waals surface area contributed by atoms with Crippen molar-refractivity contribution in [3.63, 3.8) is 0 Å². The van der Waals surface area contributed by atoms with Crippen molar-refractivity contribution in [3.05, 3.63) is 29.5 Å². The number of rotatable bonds is 1. The molecule has 4 heteroatoms. The lowest BCUT2D eigenvalue weighted by Gasteiger charge is -2.01. The van der Waals surface area contributed by atoms with Crippen molar-refractivity contribution in [2.75, 3.05) is 0 Å². The van der Waals surface area contributed by atoms with Crippen molar-refractivity contribution in [2.45, 2.75) is 6.92 Å². The lowest BCUT2D eigenvalue weighted by molar-refractivity contribution is 0.0687. The number of carboxylic acids is 1. The summed E-state index contributed by atoms with van der Waals surface area (Å²) in [4.78, 5) is 10.9. The highest BCUT2D eigenvalue weighted by Gasteiger charge is 2.14. The van der Waals surface area contributed by atoms with Gasteiger partial charge in [0.15, 0.2) is 0 Å². The van der Waals surface area contributed by atoms with Gasteiger partial charge in [-0.25, -0.2) is 4.79 Å². The van der Waals surface area contributed by atoms with E-state index >= 15 is 0 Å². The average molecular weight is 205 g/mol. The Morgan fingerprint density at radius 2 is 2.07 bits per heavy atom. The molecule has 0 fully saturated rings. The molecule has 1 heterocycles. The van der Waals surface area contributed by atoms with Crippen LogP contribution in [-0.2, 0) is 7.05 Å². The van der Waals surface area contributed by atoms with Crippen LogP contribution in [0.15, 0.2) is 18.2 Å². The van der Waals surface area contributed by atoms with Crippen LogP contribution < -0.4 is 0 Å². The van der Waals surface area contributed by atoms with Crippen LogP contribution in [0.3, 0.4) is 0 Å². The van der Waals surface area contributed by atoms with Crippen LogP contribution in [0, 0.1) is 6.92 Å². The minimum absolute atomic E-state index is 0.149. The molecule has 0 bridgehead atoms. The Labute approximate surface area is 86.4 Å². The number of phenols is 1. The van der Waals surface area contributed by atoms with Crippen LogP contribution in [0.5, 0.6) is 5.75 Å². The summed E-state index contributed by atoms with van der Waals surface area (Å²) in [7, 11) is 1.67. The summed E-state index contributed by atoms with van der Waals surface area (Å²) in [5.41, 5.74) is 1.63. The third kappa shape index (κ3) is 1.26. The van der Waals surface area contributed by atoms with Gasteiger partial charge in [0.1, 0.15) is 11.4 Å². The van der Waals surface area contributed by atoms with Crippen molar-refractivity contribution < 1.29 is 15.0 Å². The minimum Gasteiger partial charge on any atom is -0.507 e. The maximum absolute atomic E-state index is 10.9. The van der Waals surface area contributed by atoms with Gasteiger partial charge in [-0.3, -0.25) is 0 Å². The molecule has 1 aromatic heterocycles. The molecule has 4 nitrogen and oxygen atoms in total. The summed E-state index contributed by atoms with van der Waals surface area (Å²) < 4.78 is 1.55. The Kier molecular flexibility index (Phi) is 1.93. The second kappa shape index (κ2) is 3.02. The van der Waals surface area contributed by atoms with Crippen molar-refractivity contribution in [1.82, 2.24) is 4.57 Å². The van der Waals surface area contributed by atoms with E-state index in [4.69, 9.17) is 5.11 Å². The first-order chi connectivity index (χ1) is 7.02. The van der Waals surface area contributed by atoms with Gasteiger partial charge >= 0.3 is 5.97 Å². The van der Waals surface area contributed by atoms with Gasteiger partial charge in [0.2, 0.25) is 0 Å². The molecule has 2 N–H and O–H groups in total. The zero-order chi connectivity index (χ0) is 11.2. The van der Waals surface area contributed by atoms with Gasteiger partial charge in [0, 0.05) is 12.4 Å². The van der Waals surface area contributed by atoms with Crippen LogP contribution in [-0.4, -0.2) is 20.7 Å². The normalized spacial score (nSPS) is 10.8. The number of phenolic OH excluding ortho intramolecular Hbond substituents is 1. The van der Waals surface area contributed by atoms with Gasteiger partial charge in [-0.15, -0.1) is 0 Å². The molecule has 15 heavy (non-hydrogen) atoms. The lowest BCUT2D eigenvalue weighted by atomic mass is 10.1. The fourth-order valence-corrected chi connectivity index (χ4v) is 1.71. The summed E-state index contributed by atoms with van der Waals surface area (Å²) in [6, 6.07) is 5.06. The molecule has 0 unspecified atom stereocenters. The summed E-state index contributed by atoms with van der Waals surface area (Å²) in [5.74, 6) is -0.846. The molecular formula is C11H11NO3. The van der Waals surface area contributed by atoms with E-state index in [1.54, 1.807) is 30.7 Å². The maximum Gasteiger partial charge on any atom is 0.352 e. The van der Waals surface area contributed by atoms with E-state index in [9.17, 15) is 9.90 Å². The van der Waals surface area contributed by atoms with Gasteiger partial charge in [-0.1, -0.05) is 6.07 Å². The molecule has 0 radical (unpaired) electrons.